The summed E-state index contributed by atoms with van der Waals surface area (Å²) in [4.78, 5) is 17.3. The van der Waals surface area contributed by atoms with Gasteiger partial charge in [0.25, 0.3) is 5.91 Å². The second-order valence-electron chi connectivity index (χ2n) is 6.48. The number of rotatable bonds is 5. The number of oxazole rings is 1. The second kappa shape index (κ2) is 6.55. The van der Waals surface area contributed by atoms with E-state index >= 15 is 0 Å². The van der Waals surface area contributed by atoms with Gasteiger partial charge in [-0.15, -0.1) is 0 Å². The number of amides is 1. The maximum atomic E-state index is 12.8. The minimum absolute atomic E-state index is 0.0855. The number of nitrogens with one attached hydrogen (secondary N) is 1. The van der Waals surface area contributed by atoms with Crippen LogP contribution in [0.15, 0.2) is 65.1 Å². The predicted octanol–water partition coefficient (Wildman–Crippen LogP) is 4.71. The molecule has 1 aromatic heterocycles. The molecule has 1 fully saturated rings. The zero-order chi connectivity index (χ0) is 17.2. The van der Waals surface area contributed by atoms with Crippen LogP contribution in [0.2, 0.25) is 0 Å². The smallest absolute Gasteiger partial charge is 0.274 e. The average molecular weight is 332 g/mol. The van der Waals surface area contributed by atoms with E-state index in [1.807, 2.05) is 67.6 Å². The summed E-state index contributed by atoms with van der Waals surface area (Å²) in [7, 11) is 0. The molecule has 4 nitrogen and oxygen atoms in total. The number of aromatic nitrogens is 1. The van der Waals surface area contributed by atoms with E-state index < -0.39 is 0 Å². The van der Waals surface area contributed by atoms with Gasteiger partial charge in [-0.25, -0.2) is 4.98 Å². The Morgan fingerprint density at radius 3 is 2.36 bits per heavy atom. The van der Waals surface area contributed by atoms with Crippen LogP contribution in [0.3, 0.4) is 0 Å². The molecule has 1 atom stereocenters. The van der Waals surface area contributed by atoms with Gasteiger partial charge in [-0.1, -0.05) is 48.5 Å². The molecule has 126 valence electrons. The monoisotopic (exact) mass is 332 g/mol. The third kappa shape index (κ3) is 3.33. The Labute approximate surface area is 146 Å². The van der Waals surface area contributed by atoms with E-state index in [0.717, 1.165) is 29.7 Å². The molecule has 0 aliphatic heterocycles. The minimum Gasteiger partial charge on any atom is -0.440 e. The zero-order valence-corrected chi connectivity index (χ0v) is 14.1. The molecule has 25 heavy (non-hydrogen) atoms. The third-order valence-corrected chi connectivity index (χ3v) is 4.48. The first-order chi connectivity index (χ1) is 12.2. The summed E-state index contributed by atoms with van der Waals surface area (Å²) in [5.41, 5.74) is 2.37. The van der Waals surface area contributed by atoms with Gasteiger partial charge in [-0.3, -0.25) is 4.79 Å². The lowest BCUT2D eigenvalue weighted by Crippen LogP contribution is -2.27. The number of hydrogen-bond acceptors (Lipinski definition) is 3. The van der Waals surface area contributed by atoms with Crippen molar-refractivity contribution in [2.45, 2.75) is 31.7 Å². The van der Waals surface area contributed by atoms with E-state index in [4.69, 9.17) is 4.42 Å². The maximum absolute atomic E-state index is 12.8. The normalized spacial score (nSPS) is 14.9. The highest BCUT2D eigenvalue weighted by molar-refractivity contribution is 5.94. The largest absolute Gasteiger partial charge is 0.440 e. The summed E-state index contributed by atoms with van der Waals surface area (Å²) in [5, 5.41) is 3.04. The van der Waals surface area contributed by atoms with Crippen molar-refractivity contribution >= 4 is 5.91 Å². The van der Waals surface area contributed by atoms with E-state index in [-0.39, 0.29) is 11.9 Å². The summed E-state index contributed by atoms with van der Waals surface area (Å²) in [6.45, 7) is 1.97. The molecule has 1 aliphatic carbocycles. The van der Waals surface area contributed by atoms with Crippen molar-refractivity contribution in [2.75, 3.05) is 0 Å². The van der Waals surface area contributed by atoms with Gasteiger partial charge in [-0.2, -0.15) is 0 Å². The lowest BCUT2D eigenvalue weighted by atomic mass is 10.1. The van der Waals surface area contributed by atoms with E-state index in [2.05, 4.69) is 10.3 Å². The van der Waals surface area contributed by atoms with Crippen LogP contribution in [-0.4, -0.2) is 10.9 Å². The lowest BCUT2D eigenvalue weighted by Gasteiger charge is -2.13. The van der Waals surface area contributed by atoms with E-state index in [9.17, 15) is 4.79 Å². The Morgan fingerprint density at radius 2 is 1.72 bits per heavy atom. The van der Waals surface area contributed by atoms with Crippen LogP contribution in [0.1, 0.15) is 53.5 Å². The predicted molar refractivity (Wildman–Crippen MR) is 96.2 cm³/mol. The third-order valence-electron chi connectivity index (χ3n) is 4.48. The Hall–Kier alpha value is -2.88. The van der Waals surface area contributed by atoms with Crippen molar-refractivity contribution in [3.8, 4) is 11.5 Å². The van der Waals surface area contributed by atoms with Gasteiger partial charge < -0.3 is 9.73 Å². The molecule has 0 bridgehead atoms. The standard InChI is InChI=1S/C21H20N2O2/c1-14(15-8-4-2-5-9-15)22-20(24)18-19(16-12-13-16)25-21(23-18)17-10-6-3-7-11-17/h2-11,14,16H,12-13H2,1H3,(H,22,24). The summed E-state index contributed by atoms with van der Waals surface area (Å²) < 4.78 is 5.96. The number of benzene rings is 2. The molecule has 1 aliphatic rings. The Bertz CT molecular complexity index is 867. The van der Waals surface area contributed by atoms with Gasteiger partial charge >= 0.3 is 0 Å². The first-order valence-electron chi connectivity index (χ1n) is 8.64. The van der Waals surface area contributed by atoms with E-state index in [1.165, 1.54) is 0 Å². The number of nitrogens with zero attached hydrogens (tertiary/aromatic N) is 1. The second-order valence-corrected chi connectivity index (χ2v) is 6.48. The van der Waals surface area contributed by atoms with Gasteiger partial charge in [0.2, 0.25) is 5.89 Å². The van der Waals surface area contributed by atoms with Gasteiger partial charge in [0, 0.05) is 11.5 Å². The van der Waals surface area contributed by atoms with Crippen molar-refractivity contribution < 1.29 is 9.21 Å². The number of carbonyl (C=O) groups is 1. The fourth-order valence-corrected chi connectivity index (χ4v) is 2.91. The molecule has 1 N–H and O–H groups in total. The van der Waals surface area contributed by atoms with Crippen LogP contribution in [0.5, 0.6) is 0 Å². The van der Waals surface area contributed by atoms with E-state index in [0.29, 0.717) is 17.5 Å². The number of hydrogen-bond donors (Lipinski definition) is 1. The maximum Gasteiger partial charge on any atom is 0.274 e. The highest BCUT2D eigenvalue weighted by atomic mass is 16.4. The van der Waals surface area contributed by atoms with E-state index in [1.54, 1.807) is 0 Å². The molecule has 0 saturated heterocycles. The molecular formula is C21H20N2O2. The molecule has 0 spiro atoms. The molecule has 1 saturated carbocycles. The fourth-order valence-electron chi connectivity index (χ4n) is 2.91. The molecule has 3 aromatic rings. The lowest BCUT2D eigenvalue weighted by molar-refractivity contribution is 0.0933. The van der Waals surface area contributed by atoms with Crippen molar-refractivity contribution in [3.63, 3.8) is 0 Å². The Morgan fingerprint density at radius 1 is 1.08 bits per heavy atom. The zero-order valence-electron chi connectivity index (χ0n) is 14.1. The van der Waals surface area contributed by atoms with Crippen molar-refractivity contribution in [2.24, 2.45) is 0 Å². The Balaban J connectivity index is 1.60. The van der Waals surface area contributed by atoms with Crippen LogP contribution in [0, 0.1) is 0 Å². The van der Waals surface area contributed by atoms with Crippen LogP contribution >= 0.6 is 0 Å². The molecule has 4 heteroatoms. The quantitative estimate of drug-likeness (QED) is 0.736. The molecule has 0 radical (unpaired) electrons. The molecule has 4 rings (SSSR count). The molecule has 2 aromatic carbocycles. The van der Waals surface area contributed by atoms with Crippen molar-refractivity contribution in [1.29, 1.82) is 0 Å². The molecule has 1 amide bonds. The van der Waals surface area contributed by atoms with Gasteiger partial charge in [0.05, 0.1) is 6.04 Å². The van der Waals surface area contributed by atoms with Crippen molar-refractivity contribution in [1.82, 2.24) is 10.3 Å². The van der Waals surface area contributed by atoms with Gasteiger partial charge in [0.1, 0.15) is 5.76 Å². The minimum atomic E-state index is -0.177. The first kappa shape index (κ1) is 15.6. The SMILES string of the molecule is CC(NC(=O)c1nc(-c2ccccc2)oc1C1CC1)c1ccccc1. The molecule has 1 heterocycles. The molecule has 1 unspecified atom stereocenters. The highest BCUT2D eigenvalue weighted by Gasteiger charge is 2.34. The topological polar surface area (TPSA) is 55.1 Å². The van der Waals surface area contributed by atoms with Crippen LogP contribution < -0.4 is 5.32 Å². The summed E-state index contributed by atoms with van der Waals surface area (Å²) >= 11 is 0. The number of carbonyl (C=O) groups excluding carboxylic acids is 1. The highest BCUT2D eigenvalue weighted by Crippen LogP contribution is 2.43. The Kier molecular flexibility index (Phi) is 4.10. The van der Waals surface area contributed by atoms with Crippen LogP contribution in [0.4, 0.5) is 0 Å². The first-order valence-corrected chi connectivity index (χ1v) is 8.64. The summed E-state index contributed by atoms with van der Waals surface area (Å²) in [6, 6.07) is 19.5. The van der Waals surface area contributed by atoms with Crippen LogP contribution in [0.25, 0.3) is 11.5 Å². The fraction of sp³-hybridized carbons (Fsp3) is 0.238. The van der Waals surface area contributed by atoms with Crippen LogP contribution in [-0.2, 0) is 0 Å². The summed E-state index contributed by atoms with van der Waals surface area (Å²) in [5.74, 6) is 1.37. The van der Waals surface area contributed by atoms with Gasteiger partial charge in [0.15, 0.2) is 5.69 Å². The molecular weight excluding hydrogens is 312 g/mol. The van der Waals surface area contributed by atoms with Gasteiger partial charge in [-0.05, 0) is 37.5 Å². The average Bonchev–Trinajstić information content (AvgIpc) is 3.41. The summed E-state index contributed by atoms with van der Waals surface area (Å²) in [6.07, 6.45) is 2.11. The van der Waals surface area contributed by atoms with Crippen molar-refractivity contribution in [3.05, 3.63) is 77.7 Å².